The molecule has 0 aromatic heterocycles. The molecule has 0 heterocycles. The summed E-state index contributed by atoms with van der Waals surface area (Å²) in [5.41, 5.74) is 3.46. The molecule has 128 valence electrons. The molecule has 3 N–H and O–H groups in total. The number of quaternary nitrogens is 1. The number of ether oxygens (including phenoxy) is 1. The van der Waals surface area contributed by atoms with Gasteiger partial charge in [-0.3, -0.25) is 0 Å². The molecule has 0 radical (unpaired) electrons. The second-order valence-corrected chi connectivity index (χ2v) is 6.46. The lowest BCUT2D eigenvalue weighted by Crippen LogP contribution is -3.07. The Morgan fingerprint density at radius 1 is 1.12 bits per heavy atom. The summed E-state index contributed by atoms with van der Waals surface area (Å²) >= 11 is 5.44. The standard InChI is InChI=1S/C19H25N3OS/c1-14-7-5-6-8-17(14)21-19(24)20-13-18(22(2)3)15-9-11-16(23-4)12-10-15/h5-12,18H,13H2,1-4H3,(H2,20,21,24)/p+1/t18-/m0/s1. The molecule has 0 aliphatic heterocycles. The van der Waals surface area contributed by atoms with E-state index >= 15 is 0 Å². The molecule has 0 saturated heterocycles. The van der Waals surface area contributed by atoms with Crippen LogP contribution in [0.2, 0.25) is 0 Å². The maximum atomic E-state index is 5.44. The zero-order chi connectivity index (χ0) is 17.5. The topological polar surface area (TPSA) is 37.7 Å². The SMILES string of the molecule is COc1ccc([C@H](CNC(=S)Nc2ccccc2C)[NH+](C)C)cc1. The normalized spacial score (nSPS) is 11.9. The van der Waals surface area contributed by atoms with Crippen molar-refractivity contribution in [3.63, 3.8) is 0 Å². The Hall–Kier alpha value is -2.11. The van der Waals surface area contributed by atoms with Gasteiger partial charge in [0.1, 0.15) is 11.8 Å². The summed E-state index contributed by atoms with van der Waals surface area (Å²) in [4.78, 5) is 1.34. The average molecular weight is 345 g/mol. The number of aryl methyl sites for hydroxylation is 1. The smallest absolute Gasteiger partial charge is 0.171 e. The van der Waals surface area contributed by atoms with Crippen molar-refractivity contribution in [1.82, 2.24) is 5.32 Å². The van der Waals surface area contributed by atoms with Crippen molar-refractivity contribution in [1.29, 1.82) is 0 Å². The van der Waals surface area contributed by atoms with Gasteiger partial charge in [-0.05, 0) is 55.0 Å². The highest BCUT2D eigenvalue weighted by Gasteiger charge is 2.18. The molecule has 1 atom stereocenters. The van der Waals surface area contributed by atoms with Gasteiger partial charge in [0.15, 0.2) is 5.11 Å². The van der Waals surface area contributed by atoms with Crippen LogP contribution in [0.15, 0.2) is 48.5 Å². The summed E-state index contributed by atoms with van der Waals surface area (Å²) in [5.74, 6) is 0.871. The maximum absolute atomic E-state index is 5.44. The van der Waals surface area contributed by atoms with E-state index in [1.807, 2.05) is 30.3 Å². The lowest BCUT2D eigenvalue weighted by molar-refractivity contribution is -0.890. The first-order valence-electron chi connectivity index (χ1n) is 8.05. The fraction of sp³-hybridized carbons (Fsp3) is 0.316. The largest absolute Gasteiger partial charge is 0.497 e. The third-order valence-electron chi connectivity index (χ3n) is 4.08. The molecule has 0 spiro atoms. The van der Waals surface area contributed by atoms with Gasteiger partial charge in [-0.1, -0.05) is 18.2 Å². The summed E-state index contributed by atoms with van der Waals surface area (Å²) in [6.45, 7) is 2.82. The van der Waals surface area contributed by atoms with Crippen molar-refractivity contribution < 1.29 is 9.64 Å². The van der Waals surface area contributed by atoms with E-state index in [0.717, 1.165) is 18.0 Å². The molecule has 0 saturated carbocycles. The molecular weight excluding hydrogens is 318 g/mol. The number of nitrogens with one attached hydrogen (secondary N) is 3. The number of anilines is 1. The highest BCUT2D eigenvalue weighted by atomic mass is 32.1. The lowest BCUT2D eigenvalue weighted by Gasteiger charge is -2.23. The molecule has 0 aliphatic rings. The van der Waals surface area contributed by atoms with Crippen LogP contribution in [0.25, 0.3) is 0 Å². The van der Waals surface area contributed by atoms with Gasteiger partial charge in [-0.2, -0.15) is 0 Å². The molecule has 5 heteroatoms. The number of rotatable bonds is 6. The number of benzene rings is 2. The summed E-state index contributed by atoms with van der Waals surface area (Å²) in [7, 11) is 5.98. The van der Waals surface area contributed by atoms with Crippen LogP contribution in [0.4, 0.5) is 5.69 Å². The molecule has 4 nitrogen and oxygen atoms in total. The van der Waals surface area contributed by atoms with E-state index < -0.39 is 0 Å². The van der Waals surface area contributed by atoms with E-state index in [0.29, 0.717) is 11.2 Å². The Morgan fingerprint density at radius 2 is 1.79 bits per heavy atom. The predicted molar refractivity (Wildman–Crippen MR) is 104 cm³/mol. The summed E-state index contributed by atoms with van der Waals surface area (Å²) < 4.78 is 5.23. The Labute approximate surface area is 149 Å². The van der Waals surface area contributed by atoms with Crippen LogP contribution in [0.5, 0.6) is 5.75 Å². The van der Waals surface area contributed by atoms with Crippen molar-refractivity contribution in [3.8, 4) is 5.75 Å². The van der Waals surface area contributed by atoms with Gasteiger partial charge in [0, 0.05) is 11.3 Å². The first-order chi connectivity index (χ1) is 11.5. The number of methoxy groups -OCH3 is 1. The average Bonchev–Trinajstić information content (AvgIpc) is 2.57. The van der Waals surface area contributed by atoms with Gasteiger partial charge in [-0.15, -0.1) is 0 Å². The van der Waals surface area contributed by atoms with E-state index in [1.165, 1.54) is 16.0 Å². The molecular formula is C19H26N3OS+. The second kappa shape index (κ2) is 8.66. The quantitative estimate of drug-likeness (QED) is 0.702. The number of para-hydroxylation sites is 1. The first-order valence-corrected chi connectivity index (χ1v) is 8.46. The van der Waals surface area contributed by atoms with Gasteiger partial charge in [0.05, 0.1) is 27.7 Å². The fourth-order valence-electron chi connectivity index (χ4n) is 2.57. The Morgan fingerprint density at radius 3 is 2.38 bits per heavy atom. The zero-order valence-corrected chi connectivity index (χ0v) is 15.5. The van der Waals surface area contributed by atoms with Gasteiger partial charge >= 0.3 is 0 Å². The molecule has 0 aliphatic carbocycles. The van der Waals surface area contributed by atoms with Crippen molar-refractivity contribution in [2.24, 2.45) is 0 Å². The third kappa shape index (κ3) is 4.94. The van der Waals surface area contributed by atoms with Gasteiger partial charge in [-0.25, -0.2) is 0 Å². The number of hydrogen-bond donors (Lipinski definition) is 3. The third-order valence-corrected chi connectivity index (χ3v) is 4.32. The minimum absolute atomic E-state index is 0.299. The van der Waals surface area contributed by atoms with Crippen LogP contribution in [-0.4, -0.2) is 32.9 Å². The molecule has 24 heavy (non-hydrogen) atoms. The van der Waals surface area contributed by atoms with E-state index in [1.54, 1.807) is 7.11 Å². The van der Waals surface area contributed by atoms with Crippen molar-refractivity contribution in [3.05, 3.63) is 59.7 Å². The molecule has 2 rings (SSSR count). The minimum Gasteiger partial charge on any atom is -0.497 e. The van der Waals surface area contributed by atoms with Crippen LogP contribution in [-0.2, 0) is 0 Å². The molecule has 0 fully saturated rings. The van der Waals surface area contributed by atoms with Crippen molar-refractivity contribution in [2.45, 2.75) is 13.0 Å². The van der Waals surface area contributed by atoms with Crippen molar-refractivity contribution >= 4 is 23.0 Å². The minimum atomic E-state index is 0.299. The molecule has 0 amide bonds. The first kappa shape index (κ1) is 18.2. The van der Waals surface area contributed by atoms with E-state index in [-0.39, 0.29) is 0 Å². The highest BCUT2D eigenvalue weighted by molar-refractivity contribution is 7.80. The Balaban J connectivity index is 1.98. The zero-order valence-electron chi connectivity index (χ0n) is 14.7. The van der Waals surface area contributed by atoms with Crippen LogP contribution in [0.1, 0.15) is 17.2 Å². The van der Waals surface area contributed by atoms with Crippen LogP contribution in [0.3, 0.4) is 0 Å². The summed E-state index contributed by atoms with van der Waals surface area (Å²) in [5, 5.41) is 7.24. The number of hydrogen-bond acceptors (Lipinski definition) is 2. The summed E-state index contributed by atoms with van der Waals surface area (Å²) in [6, 6.07) is 16.6. The fourth-order valence-corrected chi connectivity index (χ4v) is 2.76. The molecule has 2 aromatic rings. The Bertz CT molecular complexity index is 671. The van der Waals surface area contributed by atoms with Gasteiger partial charge < -0.3 is 20.3 Å². The van der Waals surface area contributed by atoms with E-state index in [4.69, 9.17) is 17.0 Å². The molecule has 0 unspecified atom stereocenters. The van der Waals surface area contributed by atoms with E-state index in [2.05, 4.69) is 49.9 Å². The monoisotopic (exact) mass is 344 g/mol. The van der Waals surface area contributed by atoms with E-state index in [9.17, 15) is 0 Å². The highest BCUT2D eigenvalue weighted by Crippen LogP contribution is 2.16. The predicted octanol–water partition coefficient (Wildman–Crippen LogP) is 2.18. The summed E-state index contributed by atoms with van der Waals surface area (Å²) in [6.07, 6.45) is 0. The van der Waals surface area contributed by atoms with Gasteiger partial charge in [0.25, 0.3) is 0 Å². The maximum Gasteiger partial charge on any atom is 0.171 e. The lowest BCUT2D eigenvalue weighted by atomic mass is 10.1. The second-order valence-electron chi connectivity index (χ2n) is 6.05. The van der Waals surface area contributed by atoms with Crippen LogP contribution in [0, 0.1) is 6.92 Å². The van der Waals surface area contributed by atoms with Crippen LogP contribution < -0.4 is 20.3 Å². The van der Waals surface area contributed by atoms with Crippen molar-refractivity contribution in [2.75, 3.05) is 33.1 Å². The number of thiocarbonyl (C=S) groups is 1. The Kier molecular flexibility index (Phi) is 6.58. The molecule has 2 aromatic carbocycles. The van der Waals surface area contributed by atoms with Crippen LogP contribution >= 0.6 is 12.2 Å². The number of likely N-dealkylation sites (N-methyl/N-ethyl adjacent to an activating group) is 1. The molecule has 0 bridgehead atoms. The van der Waals surface area contributed by atoms with Gasteiger partial charge in [0.2, 0.25) is 0 Å².